The van der Waals surface area contributed by atoms with Crippen LogP contribution in [0.25, 0.3) is 0 Å². The van der Waals surface area contributed by atoms with Gasteiger partial charge in [-0.05, 0) is 56.2 Å². The number of carbonyl (C=O) groups excluding carboxylic acids is 1. The number of ether oxygens (including phenoxy) is 2. The van der Waals surface area contributed by atoms with Gasteiger partial charge in [0.25, 0.3) is 0 Å². The van der Waals surface area contributed by atoms with Gasteiger partial charge in [0.1, 0.15) is 29.5 Å². The van der Waals surface area contributed by atoms with Gasteiger partial charge in [-0.1, -0.05) is 60.7 Å². The van der Waals surface area contributed by atoms with Crippen LogP contribution in [-0.2, 0) is 4.74 Å². The average Bonchev–Trinajstić information content (AvgIpc) is 3.18. The van der Waals surface area contributed by atoms with Crippen molar-refractivity contribution < 1.29 is 14.3 Å². The number of hydrogen-bond donors (Lipinski definition) is 1. The molecule has 0 bridgehead atoms. The first-order chi connectivity index (χ1) is 17.5. The summed E-state index contributed by atoms with van der Waals surface area (Å²) >= 11 is 0. The number of nitrogens with one attached hydrogen (secondary N) is 1. The number of amides is 1. The van der Waals surface area contributed by atoms with E-state index in [1.165, 1.54) is 4.90 Å². The second-order valence-corrected chi connectivity index (χ2v) is 8.67. The third-order valence-electron chi connectivity index (χ3n) is 6.00. The van der Waals surface area contributed by atoms with Crippen molar-refractivity contribution in [3.05, 3.63) is 102 Å². The minimum atomic E-state index is -0.477. The molecule has 8 nitrogen and oxygen atoms in total. The van der Waals surface area contributed by atoms with Gasteiger partial charge in [0.2, 0.25) is 11.9 Å². The van der Waals surface area contributed by atoms with Gasteiger partial charge in [-0.25, -0.2) is 9.69 Å². The number of carbonyl (C=O) groups is 1. The van der Waals surface area contributed by atoms with Crippen LogP contribution in [0.3, 0.4) is 0 Å². The Labute approximate surface area is 210 Å². The first-order valence-electron chi connectivity index (χ1n) is 11.8. The number of rotatable bonds is 7. The number of cyclic esters (lactones) is 1. The van der Waals surface area contributed by atoms with Crippen LogP contribution in [0.2, 0.25) is 0 Å². The second-order valence-electron chi connectivity index (χ2n) is 8.67. The van der Waals surface area contributed by atoms with Crippen molar-refractivity contribution in [3.63, 3.8) is 0 Å². The fourth-order valence-corrected chi connectivity index (χ4v) is 4.25. The Morgan fingerprint density at radius 1 is 0.889 bits per heavy atom. The first kappa shape index (κ1) is 23.3. The highest BCUT2D eigenvalue weighted by molar-refractivity contribution is 5.89. The number of benzene rings is 3. The van der Waals surface area contributed by atoms with E-state index in [0.29, 0.717) is 11.8 Å². The molecule has 1 aliphatic heterocycles. The summed E-state index contributed by atoms with van der Waals surface area (Å²) in [5, 5.41) is 3.33. The van der Waals surface area contributed by atoms with E-state index in [4.69, 9.17) is 9.47 Å². The van der Waals surface area contributed by atoms with Gasteiger partial charge in [0, 0.05) is 0 Å². The number of aryl methyl sites for hydroxylation is 1. The Balaban J connectivity index is 1.35. The van der Waals surface area contributed by atoms with Gasteiger partial charge in [-0.2, -0.15) is 15.0 Å². The molecule has 0 aliphatic carbocycles. The Morgan fingerprint density at radius 3 is 2.22 bits per heavy atom. The molecule has 3 atom stereocenters. The van der Waals surface area contributed by atoms with Gasteiger partial charge >= 0.3 is 6.09 Å². The maximum absolute atomic E-state index is 12.8. The van der Waals surface area contributed by atoms with Crippen molar-refractivity contribution in [3.8, 4) is 11.5 Å². The second kappa shape index (κ2) is 10.0. The SMILES string of the molecule is Cc1nc(N[C@@H](C)c2ccc(Oc3ccccc3)cc2)nc(N2C(=O)O[C@H](C)[C@@H]2c2ccccc2)n1. The molecule has 1 aliphatic rings. The predicted molar refractivity (Wildman–Crippen MR) is 137 cm³/mol. The molecule has 3 aromatic carbocycles. The summed E-state index contributed by atoms with van der Waals surface area (Å²) in [6.45, 7) is 5.67. The van der Waals surface area contributed by atoms with E-state index >= 15 is 0 Å². The van der Waals surface area contributed by atoms with Gasteiger partial charge in [0.15, 0.2) is 0 Å². The lowest BCUT2D eigenvalue weighted by Gasteiger charge is -2.23. The van der Waals surface area contributed by atoms with E-state index < -0.39 is 6.09 Å². The summed E-state index contributed by atoms with van der Waals surface area (Å²) in [5.41, 5.74) is 1.99. The van der Waals surface area contributed by atoms with Crippen molar-refractivity contribution in [1.82, 2.24) is 15.0 Å². The molecule has 0 saturated carbocycles. The average molecular weight is 482 g/mol. The summed E-state index contributed by atoms with van der Waals surface area (Å²) in [5.74, 6) is 2.68. The number of anilines is 2. The lowest BCUT2D eigenvalue weighted by Crippen LogP contribution is -2.31. The molecule has 1 amide bonds. The number of aromatic nitrogens is 3. The standard InChI is InChI=1S/C28H27N5O3/c1-18(21-14-16-24(17-15-21)36-23-12-8-5-9-13-23)29-26-30-20(3)31-27(32-26)33-25(19(2)35-28(33)34)22-10-6-4-7-11-22/h4-19,25H,1-3H3,(H,29,30,31,32)/t18-,19+,25+/m0/s1. The smallest absolute Gasteiger partial charge is 0.417 e. The molecular weight excluding hydrogens is 454 g/mol. The van der Waals surface area contributed by atoms with Crippen molar-refractivity contribution in [2.24, 2.45) is 0 Å². The fourth-order valence-electron chi connectivity index (χ4n) is 4.25. The van der Waals surface area contributed by atoms with Crippen LogP contribution in [0.15, 0.2) is 84.9 Å². The quantitative estimate of drug-likeness (QED) is 0.335. The zero-order valence-electron chi connectivity index (χ0n) is 20.3. The van der Waals surface area contributed by atoms with Crippen LogP contribution < -0.4 is 15.0 Å². The normalized spacial score (nSPS) is 18.0. The molecule has 5 rings (SSSR count). The van der Waals surface area contributed by atoms with E-state index in [1.807, 2.05) is 98.8 Å². The van der Waals surface area contributed by atoms with Crippen LogP contribution in [0.5, 0.6) is 11.5 Å². The molecule has 4 aromatic rings. The molecule has 0 radical (unpaired) electrons. The molecule has 1 aromatic heterocycles. The highest BCUT2D eigenvalue weighted by Crippen LogP contribution is 2.36. The highest BCUT2D eigenvalue weighted by atomic mass is 16.6. The third kappa shape index (κ3) is 4.98. The van der Waals surface area contributed by atoms with Crippen LogP contribution in [0, 0.1) is 6.92 Å². The number of nitrogens with zero attached hydrogens (tertiary/aromatic N) is 4. The Morgan fingerprint density at radius 2 is 1.53 bits per heavy atom. The van der Waals surface area contributed by atoms with Crippen LogP contribution in [0.1, 0.15) is 42.9 Å². The van der Waals surface area contributed by atoms with E-state index in [-0.39, 0.29) is 24.1 Å². The van der Waals surface area contributed by atoms with E-state index in [1.54, 1.807) is 6.92 Å². The van der Waals surface area contributed by atoms with Crippen LogP contribution in [-0.4, -0.2) is 27.1 Å². The minimum Gasteiger partial charge on any atom is -0.457 e. The molecular formula is C28H27N5O3. The molecule has 1 saturated heterocycles. The lowest BCUT2D eigenvalue weighted by molar-refractivity contribution is 0.141. The molecule has 8 heteroatoms. The minimum absolute atomic E-state index is 0.0974. The zero-order chi connectivity index (χ0) is 25.1. The molecule has 182 valence electrons. The molecule has 36 heavy (non-hydrogen) atoms. The summed E-state index contributed by atoms with van der Waals surface area (Å²) < 4.78 is 11.4. The summed E-state index contributed by atoms with van der Waals surface area (Å²) in [7, 11) is 0. The maximum atomic E-state index is 12.8. The van der Waals surface area contributed by atoms with Gasteiger partial charge in [-0.15, -0.1) is 0 Å². The molecule has 0 spiro atoms. The lowest BCUT2D eigenvalue weighted by atomic mass is 10.0. The summed E-state index contributed by atoms with van der Waals surface area (Å²) in [6, 6.07) is 26.8. The van der Waals surface area contributed by atoms with Gasteiger partial charge in [-0.3, -0.25) is 0 Å². The topological polar surface area (TPSA) is 89.5 Å². The predicted octanol–water partition coefficient (Wildman–Crippen LogP) is 6.23. The molecule has 1 fully saturated rings. The number of hydrogen-bond acceptors (Lipinski definition) is 7. The van der Waals surface area contributed by atoms with E-state index in [0.717, 1.165) is 22.6 Å². The Hall–Kier alpha value is -4.46. The molecule has 1 N–H and O–H groups in total. The van der Waals surface area contributed by atoms with Gasteiger partial charge < -0.3 is 14.8 Å². The Bertz CT molecular complexity index is 1330. The van der Waals surface area contributed by atoms with E-state index in [9.17, 15) is 4.79 Å². The van der Waals surface area contributed by atoms with Crippen LogP contribution >= 0.6 is 0 Å². The summed E-state index contributed by atoms with van der Waals surface area (Å²) in [6.07, 6.45) is -0.820. The third-order valence-corrected chi connectivity index (χ3v) is 6.00. The highest BCUT2D eigenvalue weighted by Gasteiger charge is 2.43. The van der Waals surface area contributed by atoms with Crippen molar-refractivity contribution >= 4 is 18.0 Å². The fraction of sp³-hybridized carbons (Fsp3) is 0.214. The molecule has 0 unspecified atom stereocenters. The molecule has 2 heterocycles. The largest absolute Gasteiger partial charge is 0.457 e. The van der Waals surface area contributed by atoms with E-state index in [2.05, 4.69) is 20.3 Å². The number of para-hydroxylation sites is 1. The maximum Gasteiger partial charge on any atom is 0.417 e. The zero-order valence-corrected chi connectivity index (χ0v) is 20.3. The van der Waals surface area contributed by atoms with Crippen molar-refractivity contribution in [2.45, 2.75) is 39.0 Å². The summed E-state index contributed by atoms with van der Waals surface area (Å²) in [4.78, 5) is 27.8. The van der Waals surface area contributed by atoms with Crippen molar-refractivity contribution in [1.29, 1.82) is 0 Å². The van der Waals surface area contributed by atoms with Crippen molar-refractivity contribution in [2.75, 3.05) is 10.2 Å². The first-order valence-corrected chi connectivity index (χ1v) is 11.8. The van der Waals surface area contributed by atoms with Gasteiger partial charge in [0.05, 0.1) is 6.04 Å². The van der Waals surface area contributed by atoms with Crippen LogP contribution in [0.4, 0.5) is 16.7 Å². The monoisotopic (exact) mass is 481 g/mol. The Kier molecular flexibility index (Phi) is 6.49.